The van der Waals surface area contributed by atoms with Crippen molar-refractivity contribution in [1.82, 2.24) is 0 Å². The second-order valence-corrected chi connectivity index (χ2v) is 3.32. The second kappa shape index (κ2) is 3.37. The van der Waals surface area contributed by atoms with E-state index < -0.39 is 0 Å². The van der Waals surface area contributed by atoms with E-state index in [0.29, 0.717) is 0 Å². The van der Waals surface area contributed by atoms with Crippen LogP contribution in [-0.2, 0) is 9.47 Å². The molecule has 0 amide bonds. The highest BCUT2D eigenvalue weighted by molar-refractivity contribution is 4.75. The Kier molecular flexibility index (Phi) is 2.68. The van der Waals surface area contributed by atoms with Crippen LogP contribution < -0.4 is 0 Å². The summed E-state index contributed by atoms with van der Waals surface area (Å²) in [5.41, 5.74) is 0. The third-order valence-electron chi connectivity index (χ3n) is 1.76. The van der Waals surface area contributed by atoms with Gasteiger partial charge in [-0.1, -0.05) is 6.08 Å². The topological polar surface area (TPSA) is 18.5 Å². The highest BCUT2D eigenvalue weighted by Crippen LogP contribution is 2.24. The lowest BCUT2D eigenvalue weighted by atomic mass is 10.2. The minimum atomic E-state index is -0.369. The molecule has 0 aromatic carbocycles. The molecule has 0 aromatic heterocycles. The van der Waals surface area contributed by atoms with E-state index in [0.717, 1.165) is 19.4 Å². The molecule has 0 spiro atoms. The van der Waals surface area contributed by atoms with Gasteiger partial charge in [-0.3, -0.25) is 0 Å². The van der Waals surface area contributed by atoms with Crippen molar-refractivity contribution < 1.29 is 9.47 Å². The maximum Gasteiger partial charge on any atom is 0.163 e. The third-order valence-corrected chi connectivity index (χ3v) is 1.76. The Balaban J connectivity index is 2.24. The van der Waals surface area contributed by atoms with Crippen molar-refractivity contribution in [2.24, 2.45) is 0 Å². The maximum atomic E-state index is 5.58. The van der Waals surface area contributed by atoms with E-state index in [1.54, 1.807) is 0 Å². The molecule has 64 valence electrons. The van der Waals surface area contributed by atoms with E-state index in [1.807, 2.05) is 19.9 Å². The summed E-state index contributed by atoms with van der Waals surface area (Å²) in [4.78, 5) is 0. The Morgan fingerprint density at radius 3 is 2.82 bits per heavy atom. The summed E-state index contributed by atoms with van der Waals surface area (Å²) in [5, 5.41) is 0. The molecule has 11 heavy (non-hydrogen) atoms. The zero-order chi connectivity index (χ0) is 8.32. The first-order valence-corrected chi connectivity index (χ1v) is 4.07. The molecule has 1 aliphatic rings. The zero-order valence-electron chi connectivity index (χ0n) is 7.30. The molecule has 1 atom stereocenters. The van der Waals surface area contributed by atoms with Gasteiger partial charge in [-0.05, 0) is 26.7 Å². The Morgan fingerprint density at radius 1 is 1.64 bits per heavy atom. The van der Waals surface area contributed by atoms with Crippen LogP contribution in [0.5, 0.6) is 0 Å². The van der Waals surface area contributed by atoms with Crippen molar-refractivity contribution in [3.8, 4) is 0 Å². The molecule has 1 heterocycles. The van der Waals surface area contributed by atoms with Gasteiger partial charge in [0.25, 0.3) is 0 Å². The minimum Gasteiger partial charge on any atom is -0.348 e. The van der Waals surface area contributed by atoms with Crippen molar-refractivity contribution in [3.63, 3.8) is 0 Å². The fourth-order valence-corrected chi connectivity index (χ4v) is 1.21. The predicted molar refractivity (Wildman–Crippen MR) is 44.3 cm³/mol. The summed E-state index contributed by atoms with van der Waals surface area (Å²) in [6, 6.07) is 0. The molecule has 1 unspecified atom stereocenters. The van der Waals surface area contributed by atoms with Crippen molar-refractivity contribution in [1.29, 1.82) is 0 Å². The fraction of sp³-hybridized carbons (Fsp3) is 0.778. The lowest BCUT2D eigenvalue weighted by molar-refractivity contribution is -0.138. The average Bonchev–Trinajstić information content (AvgIpc) is 2.26. The molecule has 0 aliphatic carbocycles. The van der Waals surface area contributed by atoms with Gasteiger partial charge in [0.05, 0.1) is 12.7 Å². The van der Waals surface area contributed by atoms with Gasteiger partial charge < -0.3 is 9.47 Å². The van der Waals surface area contributed by atoms with Crippen LogP contribution in [-0.4, -0.2) is 18.5 Å². The Morgan fingerprint density at radius 2 is 2.36 bits per heavy atom. The number of hydrogen-bond donors (Lipinski definition) is 0. The van der Waals surface area contributed by atoms with E-state index in [2.05, 4.69) is 6.58 Å². The molecule has 0 aromatic rings. The number of allylic oxidation sites excluding steroid dienone is 1. The molecule has 2 heteroatoms. The van der Waals surface area contributed by atoms with Crippen LogP contribution in [0.2, 0.25) is 0 Å². The molecule has 0 N–H and O–H groups in total. The molecule has 1 aliphatic heterocycles. The van der Waals surface area contributed by atoms with Gasteiger partial charge in [0, 0.05) is 0 Å². The average molecular weight is 156 g/mol. The van der Waals surface area contributed by atoms with Gasteiger partial charge in [-0.2, -0.15) is 0 Å². The predicted octanol–water partition coefficient (Wildman–Crippen LogP) is 2.10. The normalized spacial score (nSPS) is 28.7. The van der Waals surface area contributed by atoms with Crippen LogP contribution in [0.1, 0.15) is 26.7 Å². The van der Waals surface area contributed by atoms with Crippen molar-refractivity contribution in [2.75, 3.05) is 6.61 Å². The lowest BCUT2D eigenvalue weighted by Gasteiger charge is -2.16. The quantitative estimate of drug-likeness (QED) is 0.582. The van der Waals surface area contributed by atoms with Crippen molar-refractivity contribution >= 4 is 0 Å². The van der Waals surface area contributed by atoms with Crippen LogP contribution in [0.3, 0.4) is 0 Å². The van der Waals surface area contributed by atoms with E-state index in [9.17, 15) is 0 Å². The van der Waals surface area contributed by atoms with E-state index in [-0.39, 0.29) is 11.9 Å². The molecule has 0 bridgehead atoms. The van der Waals surface area contributed by atoms with Gasteiger partial charge in [0.1, 0.15) is 0 Å². The fourth-order valence-electron chi connectivity index (χ4n) is 1.21. The highest BCUT2D eigenvalue weighted by Gasteiger charge is 2.31. The molecule has 0 saturated carbocycles. The Labute approximate surface area is 68.2 Å². The van der Waals surface area contributed by atoms with Crippen molar-refractivity contribution in [3.05, 3.63) is 12.7 Å². The molecule has 2 nitrogen and oxygen atoms in total. The SMILES string of the molecule is C=CCCC1COC(C)(C)O1. The Bertz CT molecular complexity index is 140. The first-order chi connectivity index (χ1) is 5.14. The van der Waals surface area contributed by atoms with Crippen LogP contribution in [0, 0.1) is 0 Å². The van der Waals surface area contributed by atoms with Crippen molar-refractivity contribution in [2.45, 2.75) is 38.6 Å². The summed E-state index contributed by atoms with van der Waals surface area (Å²) in [6.45, 7) is 8.28. The number of rotatable bonds is 3. The first-order valence-electron chi connectivity index (χ1n) is 4.07. The van der Waals surface area contributed by atoms with Gasteiger partial charge in [0.15, 0.2) is 5.79 Å². The molecule has 0 radical (unpaired) electrons. The monoisotopic (exact) mass is 156 g/mol. The molecular weight excluding hydrogens is 140 g/mol. The number of ether oxygens (including phenoxy) is 2. The smallest absolute Gasteiger partial charge is 0.163 e. The van der Waals surface area contributed by atoms with Gasteiger partial charge in [0.2, 0.25) is 0 Å². The largest absolute Gasteiger partial charge is 0.348 e. The summed E-state index contributed by atoms with van der Waals surface area (Å²) >= 11 is 0. The highest BCUT2D eigenvalue weighted by atomic mass is 16.7. The van der Waals surface area contributed by atoms with E-state index >= 15 is 0 Å². The summed E-state index contributed by atoms with van der Waals surface area (Å²) in [6.07, 6.45) is 4.20. The van der Waals surface area contributed by atoms with E-state index in [4.69, 9.17) is 9.47 Å². The van der Waals surface area contributed by atoms with Gasteiger partial charge in [-0.25, -0.2) is 0 Å². The summed E-state index contributed by atoms with van der Waals surface area (Å²) in [7, 11) is 0. The van der Waals surface area contributed by atoms with Crippen LogP contribution >= 0.6 is 0 Å². The first kappa shape index (κ1) is 8.75. The molecular formula is C9H16O2. The molecule has 1 fully saturated rings. The van der Waals surface area contributed by atoms with Gasteiger partial charge >= 0.3 is 0 Å². The standard InChI is InChI=1S/C9H16O2/c1-4-5-6-8-7-10-9(2,3)11-8/h4,8H,1,5-7H2,2-3H3. The van der Waals surface area contributed by atoms with E-state index in [1.165, 1.54) is 0 Å². The van der Waals surface area contributed by atoms with Crippen LogP contribution in [0.15, 0.2) is 12.7 Å². The molecule has 1 rings (SSSR count). The summed E-state index contributed by atoms with van der Waals surface area (Å²) < 4.78 is 11.0. The lowest BCUT2D eigenvalue weighted by Crippen LogP contribution is -2.21. The molecule has 1 saturated heterocycles. The number of hydrogen-bond acceptors (Lipinski definition) is 2. The Hall–Kier alpha value is -0.340. The second-order valence-electron chi connectivity index (χ2n) is 3.32. The van der Waals surface area contributed by atoms with Crippen LogP contribution in [0.25, 0.3) is 0 Å². The third kappa shape index (κ3) is 2.64. The summed E-state index contributed by atoms with van der Waals surface area (Å²) in [5.74, 6) is -0.369. The minimum absolute atomic E-state index is 0.267. The van der Waals surface area contributed by atoms with Crippen LogP contribution in [0.4, 0.5) is 0 Å². The van der Waals surface area contributed by atoms with Gasteiger partial charge in [-0.15, -0.1) is 6.58 Å². The maximum absolute atomic E-state index is 5.58. The zero-order valence-corrected chi connectivity index (χ0v) is 7.30.